The Morgan fingerprint density at radius 3 is 2.33 bits per heavy atom. The summed E-state index contributed by atoms with van der Waals surface area (Å²) in [6.07, 6.45) is -1.85. The van der Waals surface area contributed by atoms with Crippen LogP contribution >= 0.6 is 22.9 Å². The molecule has 1 spiro atoms. The zero-order chi connectivity index (χ0) is 15.1. The third-order valence-corrected chi connectivity index (χ3v) is 4.97. The van der Waals surface area contributed by atoms with Crippen molar-refractivity contribution >= 4 is 28.6 Å². The van der Waals surface area contributed by atoms with Crippen molar-refractivity contribution in [2.45, 2.75) is 31.0 Å². The van der Waals surface area contributed by atoms with Crippen LogP contribution in [0.5, 0.6) is 0 Å². The van der Waals surface area contributed by atoms with Crippen molar-refractivity contribution in [1.29, 1.82) is 0 Å². The number of rotatable bonds is 1. The summed E-state index contributed by atoms with van der Waals surface area (Å²) in [7, 11) is 0. The molecular weight excluding hydrogens is 396 g/mol. The second-order valence-electron chi connectivity index (χ2n) is 5.47. The van der Waals surface area contributed by atoms with Crippen LogP contribution in [0.2, 0.25) is 0 Å². The Balaban J connectivity index is 1.71. The Kier molecular flexibility index (Phi) is 3.89. The Morgan fingerprint density at radius 2 is 1.76 bits per heavy atom. The van der Waals surface area contributed by atoms with E-state index >= 15 is 0 Å². The molecule has 3 nitrogen and oxygen atoms in total. The Hall–Kier alpha value is -0.830. The maximum absolute atomic E-state index is 12.6. The van der Waals surface area contributed by atoms with Crippen LogP contribution in [0, 0.1) is 0 Å². The van der Waals surface area contributed by atoms with Gasteiger partial charge < -0.3 is 4.84 Å². The number of benzene rings is 1. The highest BCUT2D eigenvalue weighted by atomic mass is 127. The minimum absolute atomic E-state index is 0.264. The van der Waals surface area contributed by atoms with Crippen LogP contribution in [0.25, 0.3) is 0 Å². The smallest absolute Gasteiger partial charge is 0.388 e. The van der Waals surface area contributed by atoms with Crippen molar-refractivity contribution in [1.82, 2.24) is 3.11 Å². The highest BCUT2D eigenvalue weighted by Gasteiger charge is 2.42. The lowest BCUT2D eigenvalue weighted by Gasteiger charge is -2.34. The number of halogens is 4. The first kappa shape index (κ1) is 15.1. The number of oxime groups is 1. The molecule has 2 aliphatic heterocycles. The molecule has 21 heavy (non-hydrogen) atoms. The molecule has 1 saturated heterocycles. The zero-order valence-electron chi connectivity index (χ0n) is 11.2. The highest BCUT2D eigenvalue weighted by molar-refractivity contribution is 14.1. The monoisotopic (exact) mass is 410 g/mol. The average molecular weight is 410 g/mol. The van der Waals surface area contributed by atoms with E-state index < -0.39 is 11.7 Å². The van der Waals surface area contributed by atoms with Gasteiger partial charge in [-0.05, 0) is 17.7 Å². The van der Waals surface area contributed by atoms with Gasteiger partial charge in [0.1, 0.15) is 5.60 Å². The van der Waals surface area contributed by atoms with E-state index in [0.717, 1.165) is 43.8 Å². The van der Waals surface area contributed by atoms with Crippen LogP contribution in [0.4, 0.5) is 13.2 Å². The highest BCUT2D eigenvalue weighted by Crippen LogP contribution is 2.37. The van der Waals surface area contributed by atoms with E-state index in [4.69, 9.17) is 4.84 Å². The summed E-state index contributed by atoms with van der Waals surface area (Å²) in [4.78, 5) is 5.63. The molecule has 0 bridgehead atoms. The molecular formula is C14H14F3IN2O. The molecule has 114 valence electrons. The van der Waals surface area contributed by atoms with E-state index in [0.29, 0.717) is 12.0 Å². The lowest BCUT2D eigenvalue weighted by atomic mass is 9.86. The molecule has 0 N–H and O–H groups in total. The van der Waals surface area contributed by atoms with Crippen LogP contribution in [0.3, 0.4) is 0 Å². The van der Waals surface area contributed by atoms with E-state index in [1.165, 1.54) is 12.1 Å². The first-order chi connectivity index (χ1) is 9.88. The van der Waals surface area contributed by atoms with Crippen LogP contribution in [-0.2, 0) is 11.0 Å². The lowest BCUT2D eigenvalue weighted by molar-refractivity contribution is -0.137. The van der Waals surface area contributed by atoms with Crippen molar-refractivity contribution in [2.75, 3.05) is 13.1 Å². The molecule has 2 heterocycles. The normalized spacial score (nSPS) is 22.2. The number of alkyl halides is 3. The van der Waals surface area contributed by atoms with Gasteiger partial charge in [0, 0.05) is 55.2 Å². The van der Waals surface area contributed by atoms with Gasteiger partial charge in [-0.3, -0.25) is 0 Å². The quantitative estimate of drug-likeness (QED) is 0.517. The molecule has 7 heteroatoms. The molecule has 0 unspecified atom stereocenters. The van der Waals surface area contributed by atoms with Crippen molar-refractivity contribution in [3.63, 3.8) is 0 Å². The maximum Gasteiger partial charge on any atom is 0.416 e. The van der Waals surface area contributed by atoms with Gasteiger partial charge in [0.2, 0.25) is 0 Å². The van der Waals surface area contributed by atoms with E-state index in [9.17, 15) is 13.2 Å². The fraction of sp³-hybridized carbons (Fsp3) is 0.500. The van der Waals surface area contributed by atoms with Crippen molar-refractivity contribution in [3.05, 3.63) is 35.4 Å². The Morgan fingerprint density at radius 1 is 1.14 bits per heavy atom. The lowest BCUT2D eigenvalue weighted by Crippen LogP contribution is -2.40. The number of hydrogen-bond acceptors (Lipinski definition) is 3. The first-order valence-electron chi connectivity index (χ1n) is 6.71. The van der Waals surface area contributed by atoms with E-state index in [-0.39, 0.29) is 5.60 Å². The summed E-state index contributed by atoms with van der Waals surface area (Å²) in [5.41, 5.74) is 0.542. The standard InChI is InChI=1S/C14H14F3IN2O/c15-14(16,17)11-3-1-10(2-4-11)12-9-13(21-19-12)5-7-20(18)8-6-13/h1-4H,5-9H2. The van der Waals surface area contributed by atoms with Crippen molar-refractivity contribution < 1.29 is 18.0 Å². The minimum atomic E-state index is -4.30. The van der Waals surface area contributed by atoms with Gasteiger partial charge in [0.25, 0.3) is 0 Å². The largest absolute Gasteiger partial charge is 0.416 e. The molecule has 0 amide bonds. The molecule has 1 aromatic rings. The van der Waals surface area contributed by atoms with E-state index in [1.807, 2.05) is 0 Å². The number of hydrogen-bond donors (Lipinski definition) is 0. The van der Waals surface area contributed by atoms with Gasteiger partial charge in [0.15, 0.2) is 0 Å². The summed E-state index contributed by atoms with van der Waals surface area (Å²) >= 11 is 2.29. The molecule has 0 aliphatic carbocycles. The fourth-order valence-electron chi connectivity index (χ4n) is 2.68. The predicted octanol–water partition coefficient (Wildman–Crippen LogP) is 4.01. The maximum atomic E-state index is 12.6. The topological polar surface area (TPSA) is 24.8 Å². The molecule has 1 fully saturated rings. The van der Waals surface area contributed by atoms with Gasteiger partial charge in [-0.15, -0.1) is 0 Å². The number of nitrogens with zero attached hydrogens (tertiary/aromatic N) is 2. The summed E-state index contributed by atoms with van der Waals surface area (Å²) in [6.45, 7) is 1.88. The van der Waals surface area contributed by atoms with Gasteiger partial charge in [-0.25, -0.2) is 3.11 Å². The van der Waals surface area contributed by atoms with Crippen LogP contribution < -0.4 is 0 Å². The summed E-state index contributed by atoms with van der Waals surface area (Å²) in [6, 6.07) is 5.13. The summed E-state index contributed by atoms with van der Waals surface area (Å²) < 4.78 is 39.9. The van der Waals surface area contributed by atoms with Gasteiger partial charge in [-0.1, -0.05) is 17.3 Å². The van der Waals surface area contributed by atoms with E-state index in [1.54, 1.807) is 0 Å². The molecule has 0 radical (unpaired) electrons. The molecule has 3 rings (SSSR count). The van der Waals surface area contributed by atoms with Crippen molar-refractivity contribution in [2.24, 2.45) is 5.16 Å². The van der Waals surface area contributed by atoms with Crippen LogP contribution in [-0.4, -0.2) is 27.5 Å². The molecule has 0 atom stereocenters. The Bertz CT molecular complexity index is 548. The van der Waals surface area contributed by atoms with Crippen molar-refractivity contribution in [3.8, 4) is 0 Å². The first-order valence-corrected chi connectivity index (χ1v) is 7.68. The minimum Gasteiger partial charge on any atom is -0.388 e. The zero-order valence-corrected chi connectivity index (χ0v) is 13.3. The Labute approximate surface area is 134 Å². The third kappa shape index (κ3) is 3.18. The summed E-state index contributed by atoms with van der Waals surface area (Å²) in [5.74, 6) is 0. The van der Waals surface area contributed by atoms with Gasteiger partial charge in [0.05, 0.1) is 11.3 Å². The van der Waals surface area contributed by atoms with E-state index in [2.05, 4.69) is 31.1 Å². The SMILES string of the molecule is FC(F)(F)c1ccc(C2=NOC3(CCN(I)CC3)C2)cc1. The molecule has 2 aliphatic rings. The van der Waals surface area contributed by atoms with Crippen LogP contribution in [0.1, 0.15) is 30.4 Å². The van der Waals surface area contributed by atoms with Gasteiger partial charge in [-0.2, -0.15) is 13.2 Å². The van der Waals surface area contributed by atoms with Crippen LogP contribution in [0.15, 0.2) is 29.4 Å². The average Bonchev–Trinajstić information content (AvgIpc) is 2.86. The second-order valence-corrected chi connectivity index (χ2v) is 6.84. The van der Waals surface area contributed by atoms with Gasteiger partial charge >= 0.3 is 6.18 Å². The number of piperidine rings is 1. The second kappa shape index (κ2) is 5.42. The molecule has 0 aromatic heterocycles. The fourth-order valence-corrected chi connectivity index (χ4v) is 3.17. The summed E-state index contributed by atoms with van der Waals surface area (Å²) in [5, 5.41) is 4.11. The third-order valence-electron chi connectivity index (χ3n) is 4.00. The molecule has 0 saturated carbocycles. The molecule has 1 aromatic carbocycles. The predicted molar refractivity (Wildman–Crippen MR) is 81.2 cm³/mol.